The molecule has 8 unspecified atom stereocenters. The molecule has 6 aliphatic carbocycles. The minimum Gasteiger partial charge on any atom is -0.393 e. The number of hydrogen-bond donors (Lipinski definition) is 1. The van der Waals surface area contributed by atoms with E-state index in [1.165, 1.54) is 64.2 Å². The van der Waals surface area contributed by atoms with Crippen molar-refractivity contribution in [3.63, 3.8) is 0 Å². The van der Waals surface area contributed by atoms with Gasteiger partial charge in [-0.3, -0.25) is 4.79 Å². The van der Waals surface area contributed by atoms with Gasteiger partial charge in [-0.15, -0.1) is 0 Å². The number of fused-ring (bicyclic) bond motifs is 4. The fourth-order valence-electron chi connectivity index (χ4n) is 11.6. The maximum absolute atomic E-state index is 12.3. The summed E-state index contributed by atoms with van der Waals surface area (Å²) in [5, 5.41) is 10.9. The number of aliphatic hydroxyl groups is 1. The van der Waals surface area contributed by atoms with Crippen molar-refractivity contribution in [3.05, 3.63) is 0 Å². The molecule has 10 atom stereocenters. The summed E-state index contributed by atoms with van der Waals surface area (Å²) in [5.74, 6) is 4.09. The van der Waals surface area contributed by atoms with Crippen molar-refractivity contribution in [1.82, 2.24) is 4.90 Å². The molecule has 1 N–H and O–H groups in total. The Balaban J connectivity index is 1.09. The monoisotopic (exact) mass is 483 g/mol. The van der Waals surface area contributed by atoms with Crippen LogP contribution in [0.15, 0.2) is 0 Å². The standard InChI is InChI=1S/C31H49NO3/c1-19(33)32(16-20-5-6-20)17-21-7-8-23-25(35-21)15-24-22-9-10-26-28(2,3)27(34)11-12-31(26)18-30(22,31)14-13-29(23,24)4/h20-27,34H,5-18H2,1-4H3/t21?,22?,23?,24?,25?,26?,27-,29?,30-,31?/m0/s1. The minimum absolute atomic E-state index is 0.0799. The first-order chi connectivity index (χ1) is 16.6. The quantitative estimate of drug-likeness (QED) is 0.549. The first kappa shape index (κ1) is 23.5. The van der Waals surface area contributed by atoms with Gasteiger partial charge in [0.2, 0.25) is 5.91 Å². The van der Waals surface area contributed by atoms with Crippen molar-refractivity contribution >= 4 is 5.91 Å². The first-order valence-corrected chi connectivity index (χ1v) is 15.2. The largest absolute Gasteiger partial charge is 0.393 e. The average Bonchev–Trinajstić information content (AvgIpc) is 3.71. The van der Waals surface area contributed by atoms with Gasteiger partial charge in [-0.2, -0.15) is 0 Å². The molecule has 1 aliphatic heterocycles. The van der Waals surface area contributed by atoms with Gasteiger partial charge >= 0.3 is 0 Å². The molecule has 0 aromatic carbocycles. The van der Waals surface area contributed by atoms with Crippen molar-refractivity contribution in [2.24, 2.45) is 51.2 Å². The molecule has 196 valence electrons. The Morgan fingerprint density at radius 3 is 2.40 bits per heavy atom. The minimum atomic E-state index is -0.115. The molecule has 6 saturated carbocycles. The molecule has 0 aromatic rings. The highest BCUT2D eigenvalue weighted by molar-refractivity contribution is 5.73. The summed E-state index contributed by atoms with van der Waals surface area (Å²) < 4.78 is 6.90. The van der Waals surface area contributed by atoms with E-state index < -0.39 is 0 Å². The van der Waals surface area contributed by atoms with E-state index in [4.69, 9.17) is 4.74 Å². The van der Waals surface area contributed by atoms with Crippen molar-refractivity contribution < 1.29 is 14.6 Å². The van der Waals surface area contributed by atoms with Crippen molar-refractivity contribution in [3.8, 4) is 0 Å². The second-order valence-corrected chi connectivity index (χ2v) is 15.3. The lowest BCUT2D eigenvalue weighted by Gasteiger charge is -2.59. The molecule has 4 nitrogen and oxygen atoms in total. The van der Waals surface area contributed by atoms with Gasteiger partial charge < -0.3 is 14.7 Å². The van der Waals surface area contributed by atoms with Gasteiger partial charge in [-0.1, -0.05) is 20.8 Å². The molecule has 4 heteroatoms. The lowest BCUT2D eigenvalue weighted by molar-refractivity contribution is -0.140. The lowest BCUT2D eigenvalue weighted by Crippen LogP contribution is -2.54. The summed E-state index contributed by atoms with van der Waals surface area (Å²) in [5.41, 5.74) is 1.62. The molecule has 0 aromatic heterocycles. The summed E-state index contributed by atoms with van der Waals surface area (Å²) in [6.07, 6.45) is 16.1. The number of hydrogen-bond acceptors (Lipinski definition) is 3. The lowest BCUT2D eigenvalue weighted by atomic mass is 9.46. The summed E-state index contributed by atoms with van der Waals surface area (Å²) in [6.45, 7) is 10.9. The Kier molecular flexibility index (Phi) is 5.03. The molecule has 35 heavy (non-hydrogen) atoms. The van der Waals surface area contributed by atoms with E-state index in [1.807, 2.05) is 0 Å². The van der Waals surface area contributed by atoms with Crippen LogP contribution in [0.4, 0.5) is 0 Å². The Morgan fingerprint density at radius 2 is 1.66 bits per heavy atom. The third-order valence-electron chi connectivity index (χ3n) is 13.7. The van der Waals surface area contributed by atoms with Gasteiger partial charge in [0.05, 0.1) is 18.3 Å². The highest BCUT2D eigenvalue weighted by Gasteiger charge is 2.80. The average molecular weight is 484 g/mol. The van der Waals surface area contributed by atoms with E-state index in [0.717, 1.165) is 43.7 Å². The van der Waals surface area contributed by atoms with E-state index in [0.29, 0.717) is 34.2 Å². The summed E-state index contributed by atoms with van der Waals surface area (Å²) in [6, 6.07) is 0. The van der Waals surface area contributed by atoms with Crippen LogP contribution in [-0.4, -0.2) is 47.3 Å². The third-order valence-corrected chi connectivity index (χ3v) is 13.7. The molecule has 1 heterocycles. The highest BCUT2D eigenvalue weighted by Crippen LogP contribution is 2.87. The molecule has 1 saturated heterocycles. The zero-order valence-electron chi connectivity index (χ0n) is 22.7. The van der Waals surface area contributed by atoms with Crippen LogP contribution in [0.25, 0.3) is 0 Å². The van der Waals surface area contributed by atoms with Crippen LogP contribution in [0.2, 0.25) is 0 Å². The zero-order valence-corrected chi connectivity index (χ0v) is 22.7. The number of carbonyl (C=O) groups excluding carboxylic acids is 1. The van der Waals surface area contributed by atoms with E-state index in [-0.39, 0.29) is 23.5 Å². The number of aliphatic hydroxyl groups excluding tert-OH is 1. The van der Waals surface area contributed by atoms with Crippen LogP contribution in [0.5, 0.6) is 0 Å². The predicted molar refractivity (Wildman–Crippen MR) is 137 cm³/mol. The maximum Gasteiger partial charge on any atom is 0.219 e. The Hall–Kier alpha value is -0.610. The van der Waals surface area contributed by atoms with E-state index in [2.05, 4.69) is 25.7 Å². The van der Waals surface area contributed by atoms with Crippen LogP contribution in [0.1, 0.15) is 105 Å². The van der Waals surface area contributed by atoms with Crippen molar-refractivity contribution in [2.45, 2.75) is 123 Å². The highest BCUT2D eigenvalue weighted by atomic mass is 16.5. The fraction of sp³-hybridized carbons (Fsp3) is 0.968. The normalized spacial score (nSPS) is 53.5. The summed E-state index contributed by atoms with van der Waals surface area (Å²) in [7, 11) is 0. The van der Waals surface area contributed by atoms with E-state index in [1.54, 1.807) is 6.92 Å². The number of ether oxygens (including phenoxy) is 1. The molecule has 7 rings (SSSR count). The molecular weight excluding hydrogens is 434 g/mol. The van der Waals surface area contributed by atoms with Crippen molar-refractivity contribution in [1.29, 1.82) is 0 Å². The number of amides is 1. The van der Waals surface area contributed by atoms with Crippen LogP contribution in [0, 0.1) is 51.2 Å². The van der Waals surface area contributed by atoms with Crippen LogP contribution < -0.4 is 0 Å². The van der Waals surface area contributed by atoms with Crippen LogP contribution in [0.3, 0.4) is 0 Å². The van der Waals surface area contributed by atoms with Crippen LogP contribution >= 0.6 is 0 Å². The SMILES string of the molecule is CC(=O)N(CC1CC1)CC1CCC2C(CC3C4CCC5C(C)(C)[C@@H](O)CCC56C[C@@]46CCC23C)O1. The van der Waals surface area contributed by atoms with Gasteiger partial charge in [-0.25, -0.2) is 0 Å². The van der Waals surface area contributed by atoms with Gasteiger partial charge in [0, 0.05) is 20.0 Å². The fourth-order valence-corrected chi connectivity index (χ4v) is 11.6. The Morgan fingerprint density at radius 1 is 0.886 bits per heavy atom. The predicted octanol–water partition coefficient (Wildman–Crippen LogP) is 5.81. The smallest absolute Gasteiger partial charge is 0.219 e. The van der Waals surface area contributed by atoms with Crippen molar-refractivity contribution in [2.75, 3.05) is 13.1 Å². The second kappa shape index (κ2) is 7.49. The molecule has 0 bridgehead atoms. The topological polar surface area (TPSA) is 49.8 Å². The van der Waals surface area contributed by atoms with Gasteiger partial charge in [-0.05, 0) is 128 Å². The molecule has 2 spiro atoms. The third kappa shape index (κ3) is 3.14. The van der Waals surface area contributed by atoms with Crippen LogP contribution in [-0.2, 0) is 9.53 Å². The first-order valence-electron chi connectivity index (χ1n) is 15.2. The number of rotatable bonds is 4. The molecule has 7 aliphatic rings. The molecule has 7 fully saturated rings. The van der Waals surface area contributed by atoms with E-state index >= 15 is 0 Å². The Bertz CT molecular complexity index is 898. The molecule has 1 amide bonds. The number of nitrogens with zero attached hydrogens (tertiary/aromatic N) is 1. The second-order valence-electron chi connectivity index (χ2n) is 15.3. The summed E-state index contributed by atoms with van der Waals surface area (Å²) >= 11 is 0. The maximum atomic E-state index is 12.3. The zero-order chi connectivity index (χ0) is 24.4. The molecule has 0 radical (unpaired) electrons. The Labute approximate surface area is 212 Å². The van der Waals surface area contributed by atoms with Gasteiger partial charge in [0.1, 0.15) is 0 Å². The van der Waals surface area contributed by atoms with Gasteiger partial charge in [0.15, 0.2) is 0 Å². The number of carbonyl (C=O) groups is 1. The van der Waals surface area contributed by atoms with Gasteiger partial charge in [0.25, 0.3) is 0 Å². The summed E-state index contributed by atoms with van der Waals surface area (Å²) in [4.78, 5) is 14.4. The molecular formula is C31H49NO3. The van der Waals surface area contributed by atoms with E-state index in [9.17, 15) is 9.90 Å².